The van der Waals surface area contributed by atoms with E-state index in [0.29, 0.717) is 10.6 Å². The fourth-order valence-electron chi connectivity index (χ4n) is 2.43. The van der Waals surface area contributed by atoms with Crippen LogP contribution < -0.4 is 15.6 Å². The van der Waals surface area contributed by atoms with Gasteiger partial charge in [0.25, 0.3) is 21.5 Å². The van der Waals surface area contributed by atoms with Gasteiger partial charge in [-0.05, 0) is 30.3 Å². The number of amides is 1. The molecule has 12 heteroatoms. The summed E-state index contributed by atoms with van der Waals surface area (Å²) in [5, 5.41) is 4.25. The molecule has 0 fully saturated rings. The topological polar surface area (TPSA) is 135 Å². The smallest absolute Gasteiger partial charge is 0.271 e. The molecule has 1 aromatic carbocycles. The second-order valence-corrected chi connectivity index (χ2v) is 8.24. The minimum atomic E-state index is -3.89. The molecule has 0 bridgehead atoms. The molecule has 146 valence electrons. The van der Waals surface area contributed by atoms with E-state index in [1.807, 2.05) is 0 Å². The number of fused-ring (bicyclic) bond motifs is 1. The Balaban J connectivity index is 1.52. The normalized spacial score (nSPS) is 11.3. The Morgan fingerprint density at radius 3 is 2.52 bits per heavy atom. The average molecular weight is 428 g/mol. The van der Waals surface area contributed by atoms with Gasteiger partial charge in [-0.15, -0.1) is 11.3 Å². The standard InChI is InChI=1S/C17H12N6O4S2/c24-14(13-10-20-17-23(15(13)25)8-9-28-17)21-11-2-4-12(5-3-11)29(26,27)22-16-18-6-1-7-19-16/h1-10H,(H,21,24)(H,18,19,22). The van der Waals surface area contributed by atoms with Gasteiger partial charge in [0.15, 0.2) is 4.96 Å². The van der Waals surface area contributed by atoms with E-state index in [4.69, 9.17) is 0 Å². The Labute approximate surface area is 168 Å². The van der Waals surface area contributed by atoms with Crippen LogP contribution in [0.1, 0.15) is 10.4 Å². The lowest BCUT2D eigenvalue weighted by molar-refractivity contribution is 0.102. The highest BCUT2D eigenvalue weighted by atomic mass is 32.2. The summed E-state index contributed by atoms with van der Waals surface area (Å²) >= 11 is 1.28. The van der Waals surface area contributed by atoms with Crippen molar-refractivity contribution in [1.29, 1.82) is 0 Å². The maximum absolute atomic E-state index is 12.4. The highest BCUT2D eigenvalue weighted by molar-refractivity contribution is 7.92. The fraction of sp³-hybridized carbons (Fsp3) is 0. The van der Waals surface area contributed by atoms with Crippen LogP contribution in [0.15, 0.2) is 70.2 Å². The zero-order valence-electron chi connectivity index (χ0n) is 14.5. The minimum Gasteiger partial charge on any atom is -0.322 e. The molecule has 0 saturated carbocycles. The molecule has 0 saturated heterocycles. The van der Waals surface area contributed by atoms with Gasteiger partial charge < -0.3 is 5.32 Å². The van der Waals surface area contributed by atoms with Gasteiger partial charge in [-0.2, -0.15) is 0 Å². The number of hydrogen-bond donors (Lipinski definition) is 2. The second kappa shape index (κ2) is 7.41. The molecule has 4 rings (SSSR count). The second-order valence-electron chi connectivity index (χ2n) is 5.69. The molecule has 0 unspecified atom stereocenters. The van der Waals surface area contributed by atoms with Crippen molar-refractivity contribution in [2.24, 2.45) is 0 Å². The molecule has 29 heavy (non-hydrogen) atoms. The molecule has 0 aliphatic heterocycles. The lowest BCUT2D eigenvalue weighted by Gasteiger charge is -2.08. The average Bonchev–Trinajstić information content (AvgIpc) is 3.19. The summed E-state index contributed by atoms with van der Waals surface area (Å²) < 4.78 is 28.3. The molecular formula is C17H12N6O4S2. The van der Waals surface area contributed by atoms with Crippen LogP contribution in [0.2, 0.25) is 0 Å². The van der Waals surface area contributed by atoms with E-state index < -0.39 is 21.5 Å². The molecule has 1 amide bonds. The Bertz CT molecular complexity index is 1350. The Morgan fingerprint density at radius 1 is 1.07 bits per heavy atom. The first-order chi connectivity index (χ1) is 13.9. The van der Waals surface area contributed by atoms with E-state index in [9.17, 15) is 18.0 Å². The Kier molecular flexibility index (Phi) is 4.78. The number of nitrogens with zero attached hydrogens (tertiary/aromatic N) is 4. The largest absolute Gasteiger partial charge is 0.322 e. The van der Waals surface area contributed by atoms with Gasteiger partial charge in [-0.1, -0.05) is 0 Å². The highest BCUT2D eigenvalue weighted by Crippen LogP contribution is 2.17. The van der Waals surface area contributed by atoms with Crippen LogP contribution >= 0.6 is 11.3 Å². The Hall–Kier alpha value is -3.64. The van der Waals surface area contributed by atoms with E-state index in [2.05, 4.69) is 25.0 Å². The van der Waals surface area contributed by atoms with Gasteiger partial charge in [-0.3, -0.25) is 14.0 Å². The number of sulfonamides is 1. The van der Waals surface area contributed by atoms with E-state index >= 15 is 0 Å². The first-order valence-corrected chi connectivity index (χ1v) is 10.5. The van der Waals surface area contributed by atoms with Crippen LogP contribution in [0.4, 0.5) is 11.6 Å². The quantitative estimate of drug-likeness (QED) is 0.493. The summed E-state index contributed by atoms with van der Waals surface area (Å²) in [4.78, 5) is 36.9. The zero-order valence-corrected chi connectivity index (χ0v) is 16.1. The highest BCUT2D eigenvalue weighted by Gasteiger charge is 2.17. The molecule has 0 radical (unpaired) electrons. The summed E-state index contributed by atoms with van der Waals surface area (Å²) in [5.74, 6) is -0.698. The van der Waals surface area contributed by atoms with Gasteiger partial charge in [-0.25, -0.2) is 28.1 Å². The van der Waals surface area contributed by atoms with Crippen LogP contribution in [0, 0.1) is 0 Å². The molecular weight excluding hydrogens is 416 g/mol. The molecule has 3 heterocycles. The number of carbonyl (C=O) groups excluding carboxylic acids is 1. The number of anilines is 2. The molecule has 0 spiro atoms. The third-order valence-corrected chi connectivity index (χ3v) is 5.92. The van der Waals surface area contributed by atoms with E-state index in [1.165, 1.54) is 64.8 Å². The van der Waals surface area contributed by atoms with Crippen molar-refractivity contribution in [3.63, 3.8) is 0 Å². The molecule has 3 aromatic heterocycles. The lowest BCUT2D eigenvalue weighted by atomic mass is 10.2. The van der Waals surface area contributed by atoms with Crippen molar-refractivity contribution >= 4 is 43.9 Å². The van der Waals surface area contributed by atoms with Crippen LogP contribution in [0.5, 0.6) is 0 Å². The van der Waals surface area contributed by atoms with Crippen molar-refractivity contribution in [3.05, 3.63) is 76.4 Å². The van der Waals surface area contributed by atoms with Crippen molar-refractivity contribution in [2.45, 2.75) is 4.90 Å². The van der Waals surface area contributed by atoms with E-state index in [0.717, 1.165) is 0 Å². The zero-order chi connectivity index (χ0) is 20.4. The summed E-state index contributed by atoms with van der Waals surface area (Å²) in [7, 11) is -3.89. The number of thiazole rings is 1. The predicted molar refractivity (Wildman–Crippen MR) is 107 cm³/mol. The molecule has 0 aliphatic carbocycles. The van der Waals surface area contributed by atoms with Crippen molar-refractivity contribution in [2.75, 3.05) is 10.0 Å². The molecule has 4 aromatic rings. The monoisotopic (exact) mass is 428 g/mol. The summed E-state index contributed by atoms with van der Waals surface area (Å²) in [5.41, 5.74) is -0.291. The van der Waals surface area contributed by atoms with Gasteiger partial charge in [0.1, 0.15) is 5.56 Å². The maximum atomic E-state index is 12.4. The van der Waals surface area contributed by atoms with Gasteiger partial charge in [0.2, 0.25) is 5.95 Å². The summed E-state index contributed by atoms with van der Waals surface area (Å²) in [6.07, 6.45) is 5.57. The number of nitrogens with one attached hydrogen (secondary N) is 2. The summed E-state index contributed by atoms with van der Waals surface area (Å²) in [6, 6.07) is 7.01. The van der Waals surface area contributed by atoms with Gasteiger partial charge >= 0.3 is 0 Å². The van der Waals surface area contributed by atoms with Gasteiger partial charge in [0.05, 0.1) is 4.90 Å². The van der Waals surface area contributed by atoms with Crippen molar-refractivity contribution in [3.8, 4) is 0 Å². The first kappa shape index (κ1) is 18.7. The third-order valence-electron chi connectivity index (χ3n) is 3.80. The molecule has 0 aliphatic rings. The number of hydrogen-bond acceptors (Lipinski definition) is 8. The number of carbonyl (C=O) groups is 1. The molecule has 10 nitrogen and oxygen atoms in total. The van der Waals surface area contributed by atoms with Crippen LogP contribution in [0.25, 0.3) is 4.96 Å². The summed E-state index contributed by atoms with van der Waals surface area (Å²) in [6.45, 7) is 0. The van der Waals surface area contributed by atoms with Crippen LogP contribution in [-0.2, 0) is 10.0 Å². The van der Waals surface area contributed by atoms with Crippen molar-refractivity contribution in [1.82, 2.24) is 19.4 Å². The molecule has 2 N–H and O–H groups in total. The first-order valence-electron chi connectivity index (χ1n) is 8.10. The van der Waals surface area contributed by atoms with Gasteiger partial charge in [0, 0.05) is 35.9 Å². The number of benzene rings is 1. The minimum absolute atomic E-state index is 0.0376. The third kappa shape index (κ3) is 3.83. The maximum Gasteiger partial charge on any atom is 0.271 e. The number of rotatable bonds is 5. The lowest BCUT2D eigenvalue weighted by Crippen LogP contribution is -2.25. The fourth-order valence-corrected chi connectivity index (χ4v) is 4.06. The SMILES string of the molecule is O=C(Nc1ccc(S(=O)(=O)Nc2ncccn2)cc1)c1cnc2sccn2c1=O. The predicted octanol–water partition coefficient (Wildman–Crippen LogP) is 1.60. The van der Waals surface area contributed by atoms with E-state index in [1.54, 1.807) is 11.4 Å². The molecule has 0 atom stereocenters. The number of aromatic nitrogens is 4. The van der Waals surface area contributed by atoms with Crippen LogP contribution in [-0.4, -0.2) is 33.7 Å². The van der Waals surface area contributed by atoms with E-state index in [-0.39, 0.29) is 16.4 Å². The Morgan fingerprint density at radius 2 is 1.79 bits per heavy atom. The van der Waals surface area contributed by atoms with Crippen molar-refractivity contribution < 1.29 is 13.2 Å². The van der Waals surface area contributed by atoms with Crippen LogP contribution in [0.3, 0.4) is 0 Å².